The fourth-order valence-corrected chi connectivity index (χ4v) is 2.29. The highest BCUT2D eigenvalue weighted by Gasteiger charge is 2.36. The van der Waals surface area contributed by atoms with Crippen LogP contribution in [0.2, 0.25) is 0 Å². The van der Waals surface area contributed by atoms with Gasteiger partial charge in [0.05, 0.1) is 7.11 Å². The highest BCUT2D eigenvalue weighted by Crippen LogP contribution is 2.26. The second-order valence-electron chi connectivity index (χ2n) is 6.33. The Balaban J connectivity index is 2.34. The monoisotopic (exact) mass is 296 g/mol. The fourth-order valence-electron chi connectivity index (χ4n) is 2.29. The summed E-state index contributed by atoms with van der Waals surface area (Å²) >= 11 is 0. The molecule has 1 aliphatic rings. The molecule has 6 heteroatoms. The molecule has 0 aromatic heterocycles. The molecule has 0 spiro atoms. The SMILES string of the molecule is COc1c(F)cc([C@@H](C)CO)cc1B1OCC(C)(C)CO1. The van der Waals surface area contributed by atoms with Crippen LogP contribution in [0.1, 0.15) is 32.3 Å². The second kappa shape index (κ2) is 6.34. The first-order valence-electron chi connectivity index (χ1n) is 7.09. The number of aliphatic hydroxyl groups excluding tert-OH is 1. The van der Waals surface area contributed by atoms with Crippen molar-refractivity contribution in [3.05, 3.63) is 23.5 Å². The van der Waals surface area contributed by atoms with Crippen molar-refractivity contribution in [2.24, 2.45) is 5.41 Å². The second-order valence-corrected chi connectivity index (χ2v) is 6.33. The van der Waals surface area contributed by atoms with Gasteiger partial charge in [0.25, 0.3) is 0 Å². The van der Waals surface area contributed by atoms with E-state index in [9.17, 15) is 9.50 Å². The van der Waals surface area contributed by atoms with Gasteiger partial charge in [0, 0.05) is 36.6 Å². The quantitative estimate of drug-likeness (QED) is 0.859. The molecule has 4 nitrogen and oxygen atoms in total. The molecule has 0 saturated carbocycles. The summed E-state index contributed by atoms with van der Waals surface area (Å²) < 4.78 is 30.8. The van der Waals surface area contributed by atoms with Gasteiger partial charge >= 0.3 is 7.12 Å². The molecule has 0 radical (unpaired) electrons. The summed E-state index contributed by atoms with van der Waals surface area (Å²) in [4.78, 5) is 0. The van der Waals surface area contributed by atoms with Gasteiger partial charge in [-0.1, -0.05) is 26.8 Å². The van der Waals surface area contributed by atoms with Gasteiger partial charge in [-0.3, -0.25) is 0 Å². The smallest absolute Gasteiger partial charge is 0.494 e. The predicted molar refractivity (Wildman–Crippen MR) is 79.5 cm³/mol. The summed E-state index contributed by atoms with van der Waals surface area (Å²) in [5.74, 6) is -0.500. The topological polar surface area (TPSA) is 47.9 Å². The molecule has 116 valence electrons. The van der Waals surface area contributed by atoms with Crippen molar-refractivity contribution in [3.8, 4) is 5.75 Å². The van der Waals surface area contributed by atoms with Gasteiger partial charge in [0.15, 0.2) is 11.6 Å². The molecule has 0 amide bonds. The Bertz CT molecular complexity index is 497. The number of halogens is 1. The van der Waals surface area contributed by atoms with E-state index in [2.05, 4.69) is 0 Å². The van der Waals surface area contributed by atoms with Gasteiger partial charge in [-0.05, 0) is 11.6 Å². The van der Waals surface area contributed by atoms with Crippen LogP contribution in [0.4, 0.5) is 4.39 Å². The van der Waals surface area contributed by atoms with Crippen LogP contribution in [0.25, 0.3) is 0 Å². The zero-order chi connectivity index (χ0) is 15.6. The normalized spacial score (nSPS) is 19.4. The minimum atomic E-state index is -0.645. The highest BCUT2D eigenvalue weighted by atomic mass is 19.1. The Hall–Kier alpha value is -1.11. The van der Waals surface area contributed by atoms with Gasteiger partial charge in [0.2, 0.25) is 0 Å². The minimum Gasteiger partial charge on any atom is -0.494 e. The van der Waals surface area contributed by atoms with Crippen LogP contribution in [-0.4, -0.2) is 39.2 Å². The van der Waals surface area contributed by atoms with Gasteiger partial charge < -0.3 is 19.2 Å². The number of aliphatic hydroxyl groups is 1. The van der Waals surface area contributed by atoms with Crippen LogP contribution in [0.15, 0.2) is 12.1 Å². The lowest BCUT2D eigenvalue weighted by Gasteiger charge is -2.33. The third-order valence-electron chi connectivity index (χ3n) is 3.65. The molecule has 1 saturated heterocycles. The first-order valence-corrected chi connectivity index (χ1v) is 7.09. The number of ether oxygens (including phenoxy) is 1. The van der Waals surface area contributed by atoms with Crippen LogP contribution >= 0.6 is 0 Å². The van der Waals surface area contributed by atoms with E-state index in [1.807, 2.05) is 20.8 Å². The van der Waals surface area contributed by atoms with E-state index in [0.29, 0.717) is 24.2 Å². The maximum atomic E-state index is 14.2. The minimum absolute atomic E-state index is 0.0510. The Labute approximate surface area is 125 Å². The molecule has 1 N–H and O–H groups in total. The van der Waals surface area contributed by atoms with Crippen molar-refractivity contribution in [2.75, 3.05) is 26.9 Å². The molecule has 0 aliphatic carbocycles. The average molecular weight is 296 g/mol. The van der Waals surface area contributed by atoms with Crippen molar-refractivity contribution < 1.29 is 23.5 Å². The number of methoxy groups -OCH3 is 1. The standard InChI is InChI=1S/C15H22BFO4/c1-10(7-18)11-5-12(14(19-4)13(17)6-11)16-20-8-15(2,3)9-21-16/h5-6,10,18H,7-9H2,1-4H3/t10-/m0/s1. The summed E-state index contributed by atoms with van der Waals surface area (Å²) in [5.41, 5.74) is 1.17. The van der Waals surface area contributed by atoms with E-state index in [1.165, 1.54) is 13.2 Å². The van der Waals surface area contributed by atoms with Crippen molar-refractivity contribution >= 4 is 12.6 Å². The van der Waals surface area contributed by atoms with E-state index >= 15 is 0 Å². The van der Waals surface area contributed by atoms with Crippen LogP contribution in [-0.2, 0) is 9.31 Å². The lowest BCUT2D eigenvalue weighted by atomic mass is 9.74. The molecule has 1 aromatic carbocycles. The zero-order valence-corrected chi connectivity index (χ0v) is 13.0. The molecule has 0 bridgehead atoms. The molecule has 1 heterocycles. The third kappa shape index (κ3) is 3.57. The van der Waals surface area contributed by atoms with Crippen molar-refractivity contribution in [1.82, 2.24) is 0 Å². The zero-order valence-electron chi connectivity index (χ0n) is 13.0. The van der Waals surface area contributed by atoms with Crippen LogP contribution in [0.3, 0.4) is 0 Å². The summed E-state index contributed by atoms with van der Waals surface area (Å²) in [7, 11) is 0.775. The molecule has 1 aliphatic heterocycles. The van der Waals surface area contributed by atoms with E-state index < -0.39 is 12.9 Å². The molecule has 1 fully saturated rings. The van der Waals surface area contributed by atoms with Gasteiger partial charge in [-0.25, -0.2) is 4.39 Å². The first-order chi connectivity index (χ1) is 9.88. The fraction of sp³-hybridized carbons (Fsp3) is 0.600. The van der Waals surface area contributed by atoms with E-state index in [4.69, 9.17) is 14.0 Å². The Kier molecular flexibility index (Phi) is 4.91. The van der Waals surface area contributed by atoms with Gasteiger partial charge in [-0.2, -0.15) is 0 Å². The number of benzene rings is 1. The number of hydrogen-bond acceptors (Lipinski definition) is 4. The summed E-state index contributed by atoms with van der Waals surface area (Å²) in [5, 5.41) is 9.26. The maximum Gasteiger partial charge on any atom is 0.497 e. The summed E-state index contributed by atoms with van der Waals surface area (Å²) in [6.07, 6.45) is 0. The Morgan fingerprint density at radius 1 is 1.38 bits per heavy atom. The average Bonchev–Trinajstić information content (AvgIpc) is 2.45. The summed E-state index contributed by atoms with van der Waals surface area (Å²) in [6.45, 7) is 6.93. The molecule has 2 rings (SSSR count). The molecular weight excluding hydrogens is 274 g/mol. The highest BCUT2D eigenvalue weighted by molar-refractivity contribution is 6.62. The molecule has 0 unspecified atom stereocenters. The van der Waals surface area contributed by atoms with Crippen molar-refractivity contribution in [1.29, 1.82) is 0 Å². The van der Waals surface area contributed by atoms with Gasteiger partial charge in [-0.15, -0.1) is 0 Å². The number of rotatable bonds is 4. The van der Waals surface area contributed by atoms with Crippen molar-refractivity contribution in [2.45, 2.75) is 26.7 Å². The maximum absolute atomic E-state index is 14.2. The van der Waals surface area contributed by atoms with E-state index in [0.717, 1.165) is 0 Å². The predicted octanol–water partition coefficient (Wildman–Crippen LogP) is 1.70. The Morgan fingerprint density at radius 2 is 2.00 bits per heavy atom. The lowest BCUT2D eigenvalue weighted by molar-refractivity contribution is 0.0341. The third-order valence-corrected chi connectivity index (χ3v) is 3.65. The van der Waals surface area contributed by atoms with Crippen molar-refractivity contribution in [3.63, 3.8) is 0 Å². The molecular formula is C15H22BFO4. The van der Waals surface area contributed by atoms with E-state index in [1.54, 1.807) is 6.07 Å². The van der Waals surface area contributed by atoms with E-state index in [-0.39, 0.29) is 23.7 Å². The first kappa shape index (κ1) is 16.3. The van der Waals surface area contributed by atoms with Crippen LogP contribution in [0, 0.1) is 11.2 Å². The molecule has 1 aromatic rings. The number of hydrogen-bond donors (Lipinski definition) is 1. The van der Waals surface area contributed by atoms with Gasteiger partial charge in [0.1, 0.15) is 0 Å². The molecule has 1 atom stereocenters. The molecule has 21 heavy (non-hydrogen) atoms. The van der Waals surface area contributed by atoms with Crippen LogP contribution in [0.5, 0.6) is 5.75 Å². The lowest BCUT2D eigenvalue weighted by Crippen LogP contribution is -2.48. The summed E-state index contributed by atoms with van der Waals surface area (Å²) in [6, 6.07) is 3.17. The Morgan fingerprint density at radius 3 is 2.52 bits per heavy atom. The van der Waals surface area contributed by atoms with Crippen LogP contribution < -0.4 is 10.2 Å². The largest absolute Gasteiger partial charge is 0.497 e.